The van der Waals surface area contributed by atoms with Gasteiger partial charge in [0.25, 0.3) is 0 Å². The summed E-state index contributed by atoms with van der Waals surface area (Å²) >= 11 is 0. The molecule has 122 valence electrons. The third-order valence-electron chi connectivity index (χ3n) is 4.98. The molecule has 0 spiro atoms. The summed E-state index contributed by atoms with van der Waals surface area (Å²) in [6, 6.07) is 20.4. The minimum atomic E-state index is 0.375. The number of nitrogens with one attached hydrogen (secondary N) is 1. The third kappa shape index (κ3) is 3.76. The molecule has 2 atom stereocenters. The first-order chi connectivity index (χ1) is 11.3. The van der Waals surface area contributed by atoms with Gasteiger partial charge in [-0.1, -0.05) is 62.2 Å². The van der Waals surface area contributed by atoms with E-state index in [1.54, 1.807) is 0 Å². The number of likely N-dealkylation sites (N-methyl/N-ethyl adjacent to an activating group) is 1. The number of anilines is 1. The summed E-state index contributed by atoms with van der Waals surface area (Å²) in [5, 5.41) is 3.78. The topological polar surface area (TPSA) is 15.3 Å². The molecule has 1 N–H and O–H groups in total. The Bertz CT molecular complexity index is 608. The fourth-order valence-electron chi connectivity index (χ4n) is 3.65. The lowest BCUT2D eigenvalue weighted by Crippen LogP contribution is -2.38. The normalized spacial score (nSPS) is 19.8. The Morgan fingerprint density at radius 2 is 1.74 bits per heavy atom. The summed E-state index contributed by atoms with van der Waals surface area (Å²) in [7, 11) is 2.28. The second-order valence-electron chi connectivity index (χ2n) is 6.65. The largest absolute Gasteiger partial charge is 0.377 e. The van der Waals surface area contributed by atoms with E-state index in [1.807, 2.05) is 0 Å². The zero-order valence-electron chi connectivity index (χ0n) is 14.3. The van der Waals surface area contributed by atoms with E-state index in [-0.39, 0.29) is 0 Å². The molecule has 0 fully saturated rings. The molecule has 0 aliphatic heterocycles. The van der Waals surface area contributed by atoms with E-state index in [2.05, 4.69) is 78.8 Å². The van der Waals surface area contributed by atoms with Gasteiger partial charge in [-0.25, -0.2) is 0 Å². The number of hydrogen-bond acceptors (Lipinski definition) is 2. The number of rotatable bonds is 7. The standard InChI is InChI=1S/C21H28N2/c1-3-4-10-15-23(2)20-16-17-11-8-9-14-19(17)21(20)22-18-12-6-5-7-13-18/h5-9,11-14,20-22H,3-4,10,15-16H2,1-2H3/t20-,21-/m1/s1. The van der Waals surface area contributed by atoms with Crippen molar-refractivity contribution in [1.29, 1.82) is 0 Å². The van der Waals surface area contributed by atoms with Gasteiger partial charge in [0.1, 0.15) is 0 Å². The Hall–Kier alpha value is -1.80. The van der Waals surface area contributed by atoms with Gasteiger partial charge in [-0.15, -0.1) is 0 Å². The van der Waals surface area contributed by atoms with Gasteiger partial charge in [0, 0.05) is 11.7 Å². The first kappa shape index (κ1) is 16.1. The average molecular weight is 308 g/mol. The van der Waals surface area contributed by atoms with Gasteiger partial charge in [-0.2, -0.15) is 0 Å². The Kier molecular flexibility index (Phi) is 5.35. The van der Waals surface area contributed by atoms with Crippen LogP contribution in [0.5, 0.6) is 0 Å². The molecule has 1 aliphatic carbocycles. The summed E-state index contributed by atoms with van der Waals surface area (Å²) in [4.78, 5) is 2.55. The van der Waals surface area contributed by atoms with Crippen molar-refractivity contribution in [3.63, 3.8) is 0 Å². The zero-order valence-corrected chi connectivity index (χ0v) is 14.3. The molecule has 2 aromatic carbocycles. The van der Waals surface area contributed by atoms with Crippen molar-refractivity contribution in [2.75, 3.05) is 18.9 Å². The highest BCUT2D eigenvalue weighted by molar-refractivity contribution is 5.49. The van der Waals surface area contributed by atoms with E-state index < -0.39 is 0 Å². The van der Waals surface area contributed by atoms with Crippen LogP contribution < -0.4 is 5.32 Å². The smallest absolute Gasteiger partial charge is 0.0675 e. The summed E-state index contributed by atoms with van der Waals surface area (Å²) in [6.45, 7) is 3.45. The van der Waals surface area contributed by atoms with Crippen molar-refractivity contribution in [2.24, 2.45) is 0 Å². The van der Waals surface area contributed by atoms with E-state index in [1.165, 1.54) is 42.6 Å². The predicted octanol–water partition coefficient (Wildman–Crippen LogP) is 4.89. The fraction of sp³-hybridized carbons (Fsp3) is 0.429. The molecule has 0 aromatic heterocycles. The fourth-order valence-corrected chi connectivity index (χ4v) is 3.65. The van der Waals surface area contributed by atoms with Crippen LogP contribution in [0.15, 0.2) is 54.6 Å². The molecule has 2 nitrogen and oxygen atoms in total. The van der Waals surface area contributed by atoms with Gasteiger partial charge < -0.3 is 10.2 Å². The SMILES string of the molecule is CCCCCN(C)[C@@H]1Cc2ccccc2[C@H]1Nc1ccccc1. The Morgan fingerprint density at radius 3 is 2.52 bits per heavy atom. The lowest BCUT2D eigenvalue weighted by molar-refractivity contribution is 0.225. The van der Waals surface area contributed by atoms with Crippen molar-refractivity contribution >= 4 is 5.69 Å². The first-order valence-corrected chi connectivity index (χ1v) is 8.89. The van der Waals surface area contributed by atoms with Crippen LogP contribution in [0.3, 0.4) is 0 Å². The van der Waals surface area contributed by atoms with Crippen molar-refractivity contribution < 1.29 is 0 Å². The van der Waals surface area contributed by atoms with E-state index in [4.69, 9.17) is 0 Å². The lowest BCUT2D eigenvalue weighted by Gasteiger charge is -2.31. The number of hydrogen-bond donors (Lipinski definition) is 1. The first-order valence-electron chi connectivity index (χ1n) is 8.89. The quantitative estimate of drug-likeness (QED) is 0.733. The highest BCUT2D eigenvalue weighted by Crippen LogP contribution is 2.36. The van der Waals surface area contributed by atoms with Crippen LogP contribution in [-0.4, -0.2) is 24.5 Å². The van der Waals surface area contributed by atoms with Crippen molar-refractivity contribution in [1.82, 2.24) is 4.90 Å². The zero-order chi connectivity index (χ0) is 16.1. The lowest BCUT2D eigenvalue weighted by atomic mass is 10.1. The van der Waals surface area contributed by atoms with E-state index in [9.17, 15) is 0 Å². The van der Waals surface area contributed by atoms with E-state index in [0.29, 0.717) is 12.1 Å². The molecular formula is C21H28N2. The van der Waals surface area contributed by atoms with Crippen LogP contribution in [-0.2, 0) is 6.42 Å². The summed E-state index contributed by atoms with van der Waals surface area (Å²) in [5.41, 5.74) is 4.16. The number of benzene rings is 2. The Labute approximate surface area is 140 Å². The van der Waals surface area contributed by atoms with Gasteiger partial charge in [-0.3, -0.25) is 0 Å². The molecule has 0 unspecified atom stereocenters. The van der Waals surface area contributed by atoms with Gasteiger partial charge in [0.15, 0.2) is 0 Å². The minimum absolute atomic E-state index is 0.375. The number of fused-ring (bicyclic) bond motifs is 1. The second-order valence-corrected chi connectivity index (χ2v) is 6.65. The maximum Gasteiger partial charge on any atom is 0.0675 e. The van der Waals surface area contributed by atoms with E-state index >= 15 is 0 Å². The highest BCUT2D eigenvalue weighted by atomic mass is 15.2. The molecule has 0 saturated heterocycles. The summed E-state index contributed by atoms with van der Waals surface area (Å²) in [6.07, 6.45) is 5.03. The monoisotopic (exact) mass is 308 g/mol. The molecule has 3 rings (SSSR count). The van der Waals surface area contributed by atoms with Gasteiger partial charge in [-0.05, 0) is 49.7 Å². The average Bonchev–Trinajstić information content (AvgIpc) is 2.95. The molecule has 0 amide bonds. The maximum atomic E-state index is 3.78. The molecule has 0 bridgehead atoms. The van der Waals surface area contributed by atoms with Gasteiger partial charge in [0.2, 0.25) is 0 Å². The molecule has 2 aromatic rings. The minimum Gasteiger partial charge on any atom is -0.377 e. The molecule has 0 saturated carbocycles. The maximum absolute atomic E-state index is 3.78. The van der Waals surface area contributed by atoms with Crippen LogP contribution in [0.25, 0.3) is 0 Å². The molecular weight excluding hydrogens is 280 g/mol. The molecule has 2 heteroatoms. The molecule has 0 radical (unpaired) electrons. The second kappa shape index (κ2) is 7.65. The number of unbranched alkanes of at least 4 members (excludes halogenated alkanes) is 2. The third-order valence-corrected chi connectivity index (χ3v) is 4.98. The van der Waals surface area contributed by atoms with E-state index in [0.717, 1.165) is 6.42 Å². The van der Waals surface area contributed by atoms with Crippen LogP contribution in [0.1, 0.15) is 43.4 Å². The number of para-hydroxylation sites is 1. The highest BCUT2D eigenvalue weighted by Gasteiger charge is 2.34. The van der Waals surface area contributed by atoms with Crippen molar-refractivity contribution in [3.8, 4) is 0 Å². The van der Waals surface area contributed by atoms with Crippen LogP contribution >= 0.6 is 0 Å². The molecule has 23 heavy (non-hydrogen) atoms. The van der Waals surface area contributed by atoms with Crippen molar-refractivity contribution in [3.05, 3.63) is 65.7 Å². The van der Waals surface area contributed by atoms with Gasteiger partial charge in [0.05, 0.1) is 6.04 Å². The molecule has 0 heterocycles. The predicted molar refractivity (Wildman–Crippen MR) is 98.9 cm³/mol. The Morgan fingerprint density at radius 1 is 1.00 bits per heavy atom. The van der Waals surface area contributed by atoms with Crippen LogP contribution in [0.4, 0.5) is 5.69 Å². The van der Waals surface area contributed by atoms with Crippen LogP contribution in [0, 0.1) is 0 Å². The Balaban J connectivity index is 1.78. The summed E-state index contributed by atoms with van der Waals surface area (Å²) in [5.74, 6) is 0. The van der Waals surface area contributed by atoms with Crippen molar-refractivity contribution in [2.45, 2.75) is 44.7 Å². The van der Waals surface area contributed by atoms with Gasteiger partial charge >= 0.3 is 0 Å². The summed E-state index contributed by atoms with van der Waals surface area (Å²) < 4.78 is 0. The number of nitrogens with zero attached hydrogens (tertiary/aromatic N) is 1. The van der Waals surface area contributed by atoms with Crippen LogP contribution in [0.2, 0.25) is 0 Å². The molecule has 1 aliphatic rings.